The van der Waals surface area contributed by atoms with Gasteiger partial charge in [0.25, 0.3) is 5.56 Å². The van der Waals surface area contributed by atoms with Crippen LogP contribution in [0.15, 0.2) is 15.3 Å². The van der Waals surface area contributed by atoms with E-state index in [1.165, 1.54) is 6.42 Å². The number of halogens is 1. The third-order valence-corrected chi connectivity index (χ3v) is 3.48. The molecule has 1 N–H and O–H groups in total. The number of nitrogens with one attached hydrogen (secondary N) is 1. The molecule has 0 aromatic carbocycles. The summed E-state index contributed by atoms with van der Waals surface area (Å²) in [7, 11) is 0. The summed E-state index contributed by atoms with van der Waals surface area (Å²) in [6.45, 7) is 4.31. The minimum absolute atomic E-state index is 0.167. The Morgan fingerprint density at radius 1 is 1.73 bits per heavy atom. The van der Waals surface area contributed by atoms with Gasteiger partial charge in [0.1, 0.15) is 0 Å². The standard InChI is InChI=1S/C10H14BrN3O/c1-2-14-5-3-4-9(14)8-6-7(11)10(15)13-12-8/h6,9H,2-5H2,1H3,(H,13,15). The second kappa shape index (κ2) is 4.45. The van der Waals surface area contributed by atoms with Crippen molar-refractivity contribution in [1.82, 2.24) is 15.1 Å². The number of aromatic nitrogens is 2. The molecular formula is C10H14BrN3O. The van der Waals surface area contributed by atoms with Gasteiger partial charge in [-0.3, -0.25) is 9.69 Å². The maximum atomic E-state index is 11.2. The summed E-state index contributed by atoms with van der Waals surface area (Å²) in [5.74, 6) is 0. The van der Waals surface area contributed by atoms with Crippen molar-refractivity contribution >= 4 is 15.9 Å². The molecule has 0 amide bonds. The highest BCUT2D eigenvalue weighted by atomic mass is 79.9. The topological polar surface area (TPSA) is 49.0 Å². The lowest BCUT2D eigenvalue weighted by Crippen LogP contribution is -2.24. The van der Waals surface area contributed by atoms with Crippen LogP contribution in [-0.4, -0.2) is 28.2 Å². The van der Waals surface area contributed by atoms with E-state index in [1.807, 2.05) is 6.07 Å². The fourth-order valence-corrected chi connectivity index (χ4v) is 2.43. The Morgan fingerprint density at radius 2 is 2.53 bits per heavy atom. The van der Waals surface area contributed by atoms with Crippen LogP contribution in [-0.2, 0) is 0 Å². The Morgan fingerprint density at radius 3 is 3.20 bits per heavy atom. The number of aromatic amines is 1. The second-order valence-corrected chi connectivity index (χ2v) is 4.61. The van der Waals surface area contributed by atoms with Crippen molar-refractivity contribution in [3.63, 3.8) is 0 Å². The predicted octanol–water partition coefficient (Wildman–Crippen LogP) is 1.69. The minimum atomic E-state index is -0.167. The first-order valence-corrected chi connectivity index (χ1v) is 6.01. The molecule has 1 atom stereocenters. The molecule has 1 saturated heterocycles. The van der Waals surface area contributed by atoms with Crippen LogP contribution >= 0.6 is 15.9 Å². The molecule has 0 spiro atoms. The lowest BCUT2D eigenvalue weighted by molar-refractivity contribution is 0.265. The van der Waals surface area contributed by atoms with Crippen LogP contribution in [0.3, 0.4) is 0 Å². The van der Waals surface area contributed by atoms with Crippen molar-refractivity contribution < 1.29 is 0 Å². The molecule has 2 heterocycles. The lowest BCUT2D eigenvalue weighted by atomic mass is 10.1. The van der Waals surface area contributed by atoms with Crippen LogP contribution < -0.4 is 5.56 Å². The molecule has 0 aliphatic carbocycles. The van der Waals surface area contributed by atoms with Gasteiger partial charge in [-0.05, 0) is 47.9 Å². The molecule has 1 fully saturated rings. The molecule has 15 heavy (non-hydrogen) atoms. The zero-order valence-corrected chi connectivity index (χ0v) is 10.2. The highest BCUT2D eigenvalue weighted by Crippen LogP contribution is 2.30. The van der Waals surface area contributed by atoms with E-state index in [4.69, 9.17) is 0 Å². The maximum absolute atomic E-state index is 11.2. The van der Waals surface area contributed by atoms with Crippen molar-refractivity contribution in [3.8, 4) is 0 Å². The first kappa shape index (κ1) is 10.8. The van der Waals surface area contributed by atoms with E-state index >= 15 is 0 Å². The zero-order chi connectivity index (χ0) is 10.8. The van der Waals surface area contributed by atoms with E-state index in [0.29, 0.717) is 10.5 Å². The van der Waals surface area contributed by atoms with E-state index in [0.717, 1.165) is 25.2 Å². The van der Waals surface area contributed by atoms with Gasteiger partial charge in [-0.15, -0.1) is 0 Å². The summed E-state index contributed by atoms with van der Waals surface area (Å²) in [5, 5.41) is 6.62. The monoisotopic (exact) mass is 271 g/mol. The first-order chi connectivity index (χ1) is 7.22. The molecular weight excluding hydrogens is 258 g/mol. The summed E-state index contributed by atoms with van der Waals surface area (Å²) in [6.07, 6.45) is 2.33. The molecule has 0 saturated carbocycles. The molecule has 2 rings (SSSR count). The Bertz CT molecular complexity index is 404. The van der Waals surface area contributed by atoms with Gasteiger partial charge in [-0.1, -0.05) is 6.92 Å². The Balaban J connectivity index is 2.29. The first-order valence-electron chi connectivity index (χ1n) is 5.21. The summed E-state index contributed by atoms with van der Waals surface area (Å²) in [4.78, 5) is 13.5. The van der Waals surface area contributed by atoms with Crippen LogP contribution in [0.4, 0.5) is 0 Å². The molecule has 1 unspecified atom stereocenters. The van der Waals surface area contributed by atoms with E-state index in [9.17, 15) is 4.79 Å². The van der Waals surface area contributed by atoms with Crippen LogP contribution in [0.25, 0.3) is 0 Å². The van der Waals surface area contributed by atoms with Crippen molar-refractivity contribution in [1.29, 1.82) is 0 Å². The number of hydrogen-bond acceptors (Lipinski definition) is 3. The normalized spacial score (nSPS) is 22.1. The smallest absolute Gasteiger partial charge is 0.278 e. The largest absolute Gasteiger partial charge is 0.295 e. The number of hydrogen-bond donors (Lipinski definition) is 1. The van der Waals surface area contributed by atoms with Crippen LogP contribution in [0.2, 0.25) is 0 Å². The molecule has 82 valence electrons. The molecule has 1 aliphatic heterocycles. The molecule has 1 aromatic heterocycles. The third kappa shape index (κ3) is 2.13. The van der Waals surface area contributed by atoms with Crippen molar-refractivity contribution in [2.45, 2.75) is 25.8 Å². The van der Waals surface area contributed by atoms with Crippen molar-refractivity contribution in [3.05, 3.63) is 26.6 Å². The van der Waals surface area contributed by atoms with Gasteiger partial charge in [0.2, 0.25) is 0 Å². The molecule has 5 heteroatoms. The van der Waals surface area contributed by atoms with Crippen LogP contribution in [0.5, 0.6) is 0 Å². The fraction of sp³-hybridized carbons (Fsp3) is 0.600. The number of nitrogens with zero attached hydrogens (tertiary/aromatic N) is 2. The van der Waals surface area contributed by atoms with Gasteiger partial charge < -0.3 is 0 Å². The average molecular weight is 272 g/mol. The van der Waals surface area contributed by atoms with Gasteiger partial charge in [0.05, 0.1) is 16.2 Å². The molecule has 1 aromatic rings. The Labute approximate surface area is 96.8 Å². The third-order valence-electron chi connectivity index (χ3n) is 2.89. The summed E-state index contributed by atoms with van der Waals surface area (Å²) < 4.78 is 0.565. The molecule has 1 aliphatic rings. The van der Waals surface area contributed by atoms with E-state index in [1.54, 1.807) is 0 Å². The Kier molecular flexibility index (Phi) is 3.21. The van der Waals surface area contributed by atoms with Crippen LogP contribution in [0.1, 0.15) is 31.5 Å². The number of H-pyrrole nitrogens is 1. The lowest BCUT2D eigenvalue weighted by Gasteiger charge is -2.21. The SMILES string of the molecule is CCN1CCCC1c1cc(Br)c(=O)[nH]n1. The summed E-state index contributed by atoms with van der Waals surface area (Å²) in [6, 6.07) is 2.19. The van der Waals surface area contributed by atoms with Gasteiger partial charge in [0.15, 0.2) is 0 Å². The van der Waals surface area contributed by atoms with Gasteiger partial charge in [-0.25, -0.2) is 5.10 Å². The van der Waals surface area contributed by atoms with Crippen LogP contribution in [0, 0.1) is 0 Å². The van der Waals surface area contributed by atoms with Crippen molar-refractivity contribution in [2.24, 2.45) is 0 Å². The minimum Gasteiger partial charge on any atom is -0.295 e. The average Bonchev–Trinajstić information content (AvgIpc) is 2.70. The second-order valence-electron chi connectivity index (χ2n) is 3.76. The van der Waals surface area contributed by atoms with Gasteiger partial charge >= 0.3 is 0 Å². The maximum Gasteiger partial charge on any atom is 0.278 e. The number of rotatable bonds is 2. The fourth-order valence-electron chi connectivity index (χ4n) is 2.11. The highest BCUT2D eigenvalue weighted by molar-refractivity contribution is 9.10. The predicted molar refractivity (Wildman–Crippen MR) is 61.8 cm³/mol. The van der Waals surface area contributed by atoms with Crippen molar-refractivity contribution in [2.75, 3.05) is 13.1 Å². The molecule has 0 bridgehead atoms. The molecule has 4 nitrogen and oxygen atoms in total. The highest BCUT2D eigenvalue weighted by Gasteiger charge is 2.26. The van der Waals surface area contributed by atoms with Gasteiger partial charge in [-0.2, -0.15) is 5.10 Å². The Hall–Kier alpha value is -0.680. The van der Waals surface area contributed by atoms with Gasteiger partial charge in [0, 0.05) is 0 Å². The van der Waals surface area contributed by atoms with E-state index < -0.39 is 0 Å². The number of likely N-dealkylation sites (tertiary alicyclic amines) is 1. The summed E-state index contributed by atoms with van der Waals surface area (Å²) in [5.41, 5.74) is 0.792. The quantitative estimate of drug-likeness (QED) is 0.891. The van der Waals surface area contributed by atoms with E-state index in [-0.39, 0.29) is 5.56 Å². The summed E-state index contributed by atoms with van der Waals surface area (Å²) >= 11 is 3.23. The molecule has 0 radical (unpaired) electrons. The zero-order valence-electron chi connectivity index (χ0n) is 8.66. The van der Waals surface area contributed by atoms with E-state index in [2.05, 4.69) is 38.0 Å².